The molecule has 1 aliphatic heterocycles. The first kappa shape index (κ1) is 20.4. The van der Waals surface area contributed by atoms with Crippen molar-refractivity contribution >= 4 is 44.1 Å². The Bertz CT molecular complexity index is 673. The maximum atomic E-state index is 12.6. The zero-order chi connectivity index (χ0) is 16.4. The van der Waals surface area contributed by atoms with Crippen LogP contribution in [0.2, 0.25) is 0 Å². The van der Waals surface area contributed by atoms with Gasteiger partial charge in [0.2, 0.25) is 5.91 Å². The molecule has 0 saturated carbocycles. The van der Waals surface area contributed by atoms with Crippen LogP contribution < -0.4 is 10.6 Å². The molecule has 1 amide bonds. The fourth-order valence-electron chi connectivity index (χ4n) is 2.79. The first-order valence-electron chi connectivity index (χ1n) is 7.20. The van der Waals surface area contributed by atoms with Crippen molar-refractivity contribution in [1.29, 1.82) is 0 Å². The molecule has 2 rings (SSSR count). The second-order valence-electron chi connectivity index (χ2n) is 5.77. The smallest absolute Gasteiger partial charge is 0.241 e. The topological polar surface area (TPSA) is 75.3 Å². The molecule has 0 radical (unpaired) electrons. The van der Waals surface area contributed by atoms with E-state index in [1.54, 1.807) is 0 Å². The summed E-state index contributed by atoms with van der Waals surface area (Å²) in [5, 5.41) is 5.92. The van der Waals surface area contributed by atoms with Crippen LogP contribution in [0, 0.1) is 6.92 Å². The van der Waals surface area contributed by atoms with Gasteiger partial charge in [-0.3, -0.25) is 4.79 Å². The highest BCUT2D eigenvalue weighted by atomic mass is 79.9. The fraction of sp³-hybridized carbons (Fsp3) is 0.533. The number of amides is 1. The van der Waals surface area contributed by atoms with Gasteiger partial charge in [0.1, 0.15) is 0 Å². The van der Waals surface area contributed by atoms with Crippen LogP contribution in [0.3, 0.4) is 0 Å². The van der Waals surface area contributed by atoms with Crippen LogP contribution in [0.4, 0.5) is 0 Å². The van der Waals surface area contributed by atoms with Gasteiger partial charge in [0.25, 0.3) is 0 Å². The number of piperidine rings is 1. The van der Waals surface area contributed by atoms with E-state index in [2.05, 4.69) is 26.6 Å². The molecule has 2 N–H and O–H groups in total. The number of aryl methyl sites for hydroxylation is 1. The van der Waals surface area contributed by atoms with Gasteiger partial charge >= 0.3 is 0 Å². The molecule has 1 aromatic rings. The monoisotopic (exact) mass is 424 g/mol. The van der Waals surface area contributed by atoms with Crippen molar-refractivity contribution in [2.75, 3.05) is 19.3 Å². The minimum Gasteiger partial charge on any atom is -0.351 e. The Morgan fingerprint density at radius 2 is 1.96 bits per heavy atom. The van der Waals surface area contributed by atoms with E-state index >= 15 is 0 Å². The summed E-state index contributed by atoms with van der Waals surface area (Å²) in [6.45, 7) is 3.38. The van der Waals surface area contributed by atoms with Gasteiger partial charge in [-0.25, -0.2) is 8.42 Å². The molecule has 1 heterocycles. The minimum atomic E-state index is -3.47. The Kier molecular flexibility index (Phi) is 7.07. The number of carbonyl (C=O) groups is 1. The molecule has 8 heteroatoms. The van der Waals surface area contributed by atoms with Gasteiger partial charge in [-0.2, -0.15) is 0 Å². The second kappa shape index (κ2) is 7.96. The van der Waals surface area contributed by atoms with Crippen molar-refractivity contribution in [2.24, 2.45) is 0 Å². The van der Waals surface area contributed by atoms with E-state index in [-0.39, 0.29) is 18.3 Å². The Labute approximate surface area is 152 Å². The van der Waals surface area contributed by atoms with Crippen molar-refractivity contribution < 1.29 is 13.2 Å². The van der Waals surface area contributed by atoms with Crippen LogP contribution in [0.15, 0.2) is 22.7 Å². The van der Waals surface area contributed by atoms with Gasteiger partial charge in [-0.15, -0.1) is 12.4 Å². The predicted molar refractivity (Wildman–Crippen MR) is 97.7 cm³/mol. The number of hydrogen-bond acceptors (Lipinski definition) is 4. The molecule has 5 nitrogen and oxygen atoms in total. The third kappa shape index (κ3) is 4.47. The zero-order valence-corrected chi connectivity index (χ0v) is 16.4. The average molecular weight is 426 g/mol. The van der Waals surface area contributed by atoms with Crippen LogP contribution in [0.25, 0.3) is 0 Å². The van der Waals surface area contributed by atoms with Crippen molar-refractivity contribution in [2.45, 2.75) is 31.1 Å². The summed E-state index contributed by atoms with van der Waals surface area (Å²) in [6, 6.07) is 5.80. The molecule has 0 unspecified atom stereocenters. The van der Waals surface area contributed by atoms with Gasteiger partial charge in [0, 0.05) is 17.3 Å². The third-order valence-electron chi connectivity index (χ3n) is 4.28. The lowest BCUT2D eigenvalue weighted by Crippen LogP contribution is -2.57. The molecule has 0 aliphatic carbocycles. The second-order valence-corrected chi connectivity index (χ2v) is 9.01. The SMILES string of the molecule is Cc1cc(Br)ccc1CNC(=O)C1(S(C)(=O)=O)CCNCC1.Cl. The quantitative estimate of drug-likeness (QED) is 0.773. The van der Waals surface area contributed by atoms with Crippen LogP contribution in [0.5, 0.6) is 0 Å². The van der Waals surface area contributed by atoms with Crippen molar-refractivity contribution in [3.63, 3.8) is 0 Å². The highest BCUT2D eigenvalue weighted by Crippen LogP contribution is 2.28. The standard InChI is InChI=1S/C15H21BrN2O3S.ClH/c1-11-9-13(16)4-3-12(11)10-18-14(19)15(22(2,20)21)5-7-17-8-6-15;/h3-4,9,17H,5-8,10H2,1-2H3,(H,18,19);1H. The molecule has 0 bridgehead atoms. The van der Waals surface area contributed by atoms with E-state index in [0.717, 1.165) is 21.9 Å². The summed E-state index contributed by atoms with van der Waals surface area (Å²) in [4.78, 5) is 12.6. The molecular weight excluding hydrogens is 404 g/mol. The van der Waals surface area contributed by atoms with E-state index in [1.165, 1.54) is 0 Å². The molecule has 1 fully saturated rings. The molecule has 0 atom stereocenters. The first-order valence-corrected chi connectivity index (χ1v) is 9.88. The Balaban J connectivity index is 0.00000264. The highest BCUT2D eigenvalue weighted by Gasteiger charge is 2.48. The number of halogens is 2. The van der Waals surface area contributed by atoms with E-state index in [0.29, 0.717) is 32.5 Å². The fourth-order valence-corrected chi connectivity index (χ4v) is 4.62. The predicted octanol–water partition coefficient (Wildman–Crippen LogP) is 1.96. The number of hydrogen-bond donors (Lipinski definition) is 2. The lowest BCUT2D eigenvalue weighted by atomic mass is 9.95. The lowest BCUT2D eigenvalue weighted by molar-refractivity contribution is -0.124. The largest absolute Gasteiger partial charge is 0.351 e. The maximum absolute atomic E-state index is 12.6. The minimum absolute atomic E-state index is 0. The number of rotatable bonds is 4. The molecule has 0 aromatic heterocycles. The summed E-state index contributed by atoms with van der Waals surface area (Å²) in [5.74, 6) is -0.390. The van der Waals surface area contributed by atoms with Crippen LogP contribution in [-0.4, -0.2) is 38.4 Å². The van der Waals surface area contributed by atoms with Gasteiger partial charge < -0.3 is 10.6 Å². The van der Waals surface area contributed by atoms with E-state index in [4.69, 9.17) is 0 Å². The highest BCUT2D eigenvalue weighted by molar-refractivity contribution is 9.10. The molecule has 0 spiro atoms. The molecule has 1 aromatic carbocycles. The van der Waals surface area contributed by atoms with Crippen molar-refractivity contribution in [1.82, 2.24) is 10.6 Å². The van der Waals surface area contributed by atoms with Crippen molar-refractivity contribution in [3.05, 3.63) is 33.8 Å². The van der Waals surface area contributed by atoms with Crippen LogP contribution in [-0.2, 0) is 21.2 Å². The summed E-state index contributed by atoms with van der Waals surface area (Å²) >= 11 is 3.40. The normalized spacial score (nSPS) is 17.2. The van der Waals surface area contributed by atoms with Gasteiger partial charge in [0.15, 0.2) is 14.6 Å². The number of benzene rings is 1. The van der Waals surface area contributed by atoms with E-state index in [9.17, 15) is 13.2 Å². The van der Waals surface area contributed by atoms with Crippen LogP contribution >= 0.6 is 28.3 Å². The summed E-state index contributed by atoms with van der Waals surface area (Å²) in [7, 11) is -3.47. The molecule has 130 valence electrons. The maximum Gasteiger partial charge on any atom is 0.241 e. The summed E-state index contributed by atoms with van der Waals surface area (Å²) in [6.07, 6.45) is 1.79. The van der Waals surface area contributed by atoms with Gasteiger partial charge in [-0.05, 0) is 56.1 Å². The number of sulfone groups is 1. The van der Waals surface area contributed by atoms with E-state index in [1.807, 2.05) is 25.1 Å². The lowest BCUT2D eigenvalue weighted by Gasteiger charge is -2.34. The molecule has 23 heavy (non-hydrogen) atoms. The average Bonchev–Trinajstić information content (AvgIpc) is 2.45. The Morgan fingerprint density at radius 3 is 2.48 bits per heavy atom. The van der Waals surface area contributed by atoms with Gasteiger partial charge in [0.05, 0.1) is 0 Å². The Hall–Kier alpha value is -0.630. The number of carbonyl (C=O) groups excluding carboxylic acids is 1. The van der Waals surface area contributed by atoms with Gasteiger partial charge in [-0.1, -0.05) is 22.0 Å². The first-order chi connectivity index (χ1) is 10.3. The Morgan fingerprint density at radius 1 is 1.35 bits per heavy atom. The molecule has 1 saturated heterocycles. The molecule has 1 aliphatic rings. The van der Waals surface area contributed by atoms with E-state index < -0.39 is 14.6 Å². The third-order valence-corrected chi connectivity index (χ3v) is 6.79. The van der Waals surface area contributed by atoms with Crippen molar-refractivity contribution in [3.8, 4) is 0 Å². The molecular formula is C15H22BrClN2O3S. The van der Waals surface area contributed by atoms with Crippen LogP contribution in [0.1, 0.15) is 24.0 Å². The summed E-state index contributed by atoms with van der Waals surface area (Å²) in [5.41, 5.74) is 2.03. The zero-order valence-electron chi connectivity index (χ0n) is 13.2. The number of nitrogens with one attached hydrogen (secondary N) is 2. The summed E-state index contributed by atoms with van der Waals surface area (Å²) < 4.78 is 24.0.